The van der Waals surface area contributed by atoms with Gasteiger partial charge in [-0.2, -0.15) is 0 Å². The van der Waals surface area contributed by atoms with E-state index in [2.05, 4.69) is 0 Å². The molecule has 132 valence electrons. The Morgan fingerprint density at radius 3 is 1.12 bits per heavy atom. The van der Waals surface area contributed by atoms with Crippen LogP contribution in [-0.2, 0) is 52.2 Å². The zero-order valence-corrected chi connectivity index (χ0v) is 25.4. The molecular formula is C18H20Hg2O6. The fraction of sp³-hybridized carbons (Fsp3) is 0.222. The van der Waals surface area contributed by atoms with Gasteiger partial charge in [0, 0.05) is 0 Å². The fourth-order valence-corrected chi connectivity index (χ4v) is 4.54. The van der Waals surface area contributed by atoms with Crippen LogP contribution in [0, 0.1) is 0 Å². The van der Waals surface area contributed by atoms with Crippen LogP contribution in [0.3, 0.4) is 0 Å². The molecule has 0 heterocycles. The molecule has 0 fully saturated rings. The molecule has 26 heavy (non-hydrogen) atoms. The van der Waals surface area contributed by atoms with Gasteiger partial charge < -0.3 is 10.2 Å². The van der Waals surface area contributed by atoms with E-state index in [1.807, 2.05) is 0 Å². The van der Waals surface area contributed by atoms with Gasteiger partial charge in [-0.3, -0.25) is 0 Å². The monoisotopic (exact) mass is 736 g/mol. The van der Waals surface area contributed by atoms with Gasteiger partial charge in [-0.05, 0) is 24.3 Å². The van der Waals surface area contributed by atoms with Crippen LogP contribution in [0.2, 0.25) is 7.86 Å². The van der Waals surface area contributed by atoms with Gasteiger partial charge in [0.15, 0.2) is 0 Å². The SMILES string of the molecule is O=C(O)c1ccccc1.O=C(O)c1ccccc1.OC([CH2][Hg])C(O)[CH2][Hg]. The second-order valence-corrected chi connectivity index (χ2v) is 9.54. The maximum absolute atomic E-state index is 10.2. The molecule has 0 amide bonds. The Morgan fingerprint density at radius 2 is 0.962 bits per heavy atom. The summed E-state index contributed by atoms with van der Waals surface area (Å²) in [6.45, 7) is 0. The fourth-order valence-electron chi connectivity index (χ4n) is 1.55. The van der Waals surface area contributed by atoms with Crippen molar-refractivity contribution in [2.24, 2.45) is 0 Å². The molecule has 0 spiro atoms. The van der Waals surface area contributed by atoms with Crippen molar-refractivity contribution < 1.29 is 82.3 Å². The molecule has 2 atom stereocenters. The maximum atomic E-state index is 10.2. The van der Waals surface area contributed by atoms with Crippen molar-refractivity contribution in [3.8, 4) is 0 Å². The molecule has 4 N–H and O–H groups in total. The summed E-state index contributed by atoms with van der Waals surface area (Å²) in [6.07, 6.45) is -0.785. The molecule has 6 nitrogen and oxygen atoms in total. The molecule has 2 unspecified atom stereocenters. The summed E-state index contributed by atoms with van der Waals surface area (Å²) in [5.41, 5.74) is 0.662. The predicted octanol–water partition coefficient (Wildman–Crippen LogP) is 2.41. The van der Waals surface area contributed by atoms with Gasteiger partial charge in [-0.15, -0.1) is 0 Å². The third-order valence-corrected chi connectivity index (χ3v) is 7.68. The second-order valence-electron chi connectivity index (χ2n) is 5.05. The summed E-state index contributed by atoms with van der Waals surface area (Å²) >= 11 is 1.27. The molecule has 0 aliphatic rings. The van der Waals surface area contributed by atoms with Crippen molar-refractivity contribution in [3.63, 3.8) is 0 Å². The first-order chi connectivity index (χ1) is 12.3. The van der Waals surface area contributed by atoms with Gasteiger partial charge in [0.1, 0.15) is 0 Å². The average molecular weight is 734 g/mol. The number of hydrogen-bond donors (Lipinski definition) is 4. The van der Waals surface area contributed by atoms with Gasteiger partial charge in [0.25, 0.3) is 0 Å². The Bertz CT molecular complexity index is 579. The van der Waals surface area contributed by atoms with Gasteiger partial charge >= 0.3 is 94.5 Å². The number of carboxylic acid groups (broad SMARTS) is 2. The van der Waals surface area contributed by atoms with Crippen molar-refractivity contribution in [1.29, 1.82) is 0 Å². The Labute approximate surface area is 184 Å². The predicted molar refractivity (Wildman–Crippen MR) is 88.4 cm³/mol. The molecule has 8 heteroatoms. The summed E-state index contributed by atoms with van der Waals surface area (Å²) in [5.74, 6) is -1.76. The minimum absolute atomic E-state index is 0.331. The zero-order valence-electron chi connectivity index (χ0n) is 14.4. The van der Waals surface area contributed by atoms with Crippen LogP contribution in [0.5, 0.6) is 0 Å². The molecule has 0 aromatic heterocycles. The molecule has 2 aromatic carbocycles. The minimum atomic E-state index is -0.879. The van der Waals surface area contributed by atoms with Crippen LogP contribution in [0.1, 0.15) is 20.7 Å². The standard InChI is InChI=1S/2C7H6O2.C4H8O2.2Hg/c2*8-7(9)6-4-2-1-3-5-6;1-3(5)4(2)6;;/h2*1-5H,(H,8,9);3-6H,1-2H2;;. The number of benzene rings is 2. The first-order valence-electron chi connectivity index (χ1n) is 7.84. The van der Waals surface area contributed by atoms with E-state index in [0.29, 0.717) is 63.4 Å². The number of carbonyl (C=O) groups is 2. The number of rotatable bonds is 5. The number of carboxylic acids is 2. The van der Waals surface area contributed by atoms with E-state index >= 15 is 0 Å². The molecule has 2 rings (SSSR count). The van der Waals surface area contributed by atoms with Crippen molar-refractivity contribution in [3.05, 3.63) is 71.8 Å². The van der Waals surface area contributed by atoms with Crippen LogP contribution < -0.4 is 0 Å². The van der Waals surface area contributed by atoms with E-state index in [9.17, 15) is 9.59 Å². The number of aliphatic hydroxyl groups is 2. The quantitative estimate of drug-likeness (QED) is 0.352. The molecule has 0 aliphatic heterocycles. The summed E-state index contributed by atoms with van der Waals surface area (Å²) in [5, 5.41) is 34.7. The van der Waals surface area contributed by atoms with Crippen molar-refractivity contribution in [2.45, 2.75) is 20.1 Å². The summed E-state index contributed by atoms with van der Waals surface area (Å²) in [6, 6.07) is 16.6. The van der Waals surface area contributed by atoms with Crippen LogP contribution in [-0.4, -0.2) is 44.6 Å². The first kappa shape index (κ1) is 25.2. The Kier molecular flexibility index (Phi) is 14.8. The van der Waals surface area contributed by atoms with E-state index < -0.39 is 24.1 Å². The van der Waals surface area contributed by atoms with Gasteiger partial charge in [0.05, 0.1) is 11.1 Å². The van der Waals surface area contributed by atoms with Crippen LogP contribution in [0.15, 0.2) is 60.7 Å². The molecule has 0 saturated carbocycles. The van der Waals surface area contributed by atoms with Gasteiger partial charge in [0.2, 0.25) is 0 Å². The zero-order chi connectivity index (χ0) is 19.9. The molecule has 2 aromatic rings. The Hall–Kier alpha value is -0.830. The van der Waals surface area contributed by atoms with E-state index in [1.165, 1.54) is 0 Å². The van der Waals surface area contributed by atoms with Crippen molar-refractivity contribution in [2.75, 3.05) is 0 Å². The first-order valence-corrected chi connectivity index (χ1v) is 15.6. The van der Waals surface area contributed by atoms with Crippen molar-refractivity contribution in [1.82, 2.24) is 0 Å². The molecule has 0 saturated heterocycles. The van der Waals surface area contributed by atoms with Crippen LogP contribution in [0.4, 0.5) is 0 Å². The molecule has 0 radical (unpaired) electrons. The summed E-state index contributed by atoms with van der Waals surface area (Å²) in [4.78, 5) is 20.4. The third-order valence-electron chi connectivity index (χ3n) is 3.08. The summed E-state index contributed by atoms with van der Waals surface area (Å²) in [7, 11) is 0. The molecule has 0 bridgehead atoms. The summed E-state index contributed by atoms with van der Waals surface area (Å²) < 4.78 is 1.72. The normalized spacial score (nSPS) is 11.8. The Balaban J connectivity index is 0.000000362. The second kappa shape index (κ2) is 15.2. The molecule has 0 aliphatic carbocycles. The Morgan fingerprint density at radius 1 is 0.692 bits per heavy atom. The number of hydrogen-bond acceptors (Lipinski definition) is 4. The van der Waals surface area contributed by atoms with Gasteiger partial charge in [-0.1, -0.05) is 36.4 Å². The van der Waals surface area contributed by atoms with E-state index in [1.54, 1.807) is 60.7 Å². The number of aliphatic hydroxyl groups excluding tert-OH is 2. The topological polar surface area (TPSA) is 115 Å². The van der Waals surface area contributed by atoms with Crippen molar-refractivity contribution >= 4 is 11.9 Å². The average Bonchev–Trinajstić information content (AvgIpc) is 2.69. The van der Waals surface area contributed by atoms with E-state index in [-0.39, 0.29) is 0 Å². The van der Waals surface area contributed by atoms with Gasteiger partial charge in [-0.25, -0.2) is 9.59 Å². The molecular weight excluding hydrogens is 713 g/mol. The van der Waals surface area contributed by atoms with Crippen LogP contribution in [0.25, 0.3) is 0 Å². The third kappa shape index (κ3) is 11.7. The van der Waals surface area contributed by atoms with Crippen LogP contribution >= 0.6 is 0 Å². The number of aromatic carboxylic acids is 2. The van der Waals surface area contributed by atoms with E-state index in [4.69, 9.17) is 20.4 Å². The van der Waals surface area contributed by atoms with E-state index in [0.717, 1.165) is 7.86 Å².